The zero-order chi connectivity index (χ0) is 5.11. The Balaban J connectivity index is 2.96. The van der Waals surface area contributed by atoms with Gasteiger partial charge in [-0.15, -0.1) is 5.10 Å². The first-order chi connectivity index (χ1) is 3.43. The molecular weight excluding hydrogens is 94.1 g/mol. The Morgan fingerprint density at radius 3 is 3.00 bits per heavy atom. The van der Waals surface area contributed by atoms with E-state index in [-0.39, 0.29) is 5.88 Å². The van der Waals surface area contributed by atoms with Gasteiger partial charge in [-0.2, -0.15) is 0 Å². The zero-order valence-corrected chi connectivity index (χ0v) is 3.46. The molecule has 7 heavy (non-hydrogen) atoms. The lowest BCUT2D eigenvalue weighted by Gasteiger charge is -1.66. The minimum atomic E-state index is 0.222. The fourth-order valence-electron chi connectivity index (χ4n) is 0.207. The summed E-state index contributed by atoms with van der Waals surface area (Å²) in [4.78, 5) is 3.33. The third-order valence-corrected chi connectivity index (χ3v) is 0.457. The Morgan fingerprint density at radius 2 is 2.71 bits per heavy atom. The molecule has 4 heteroatoms. The average Bonchev–Trinajstić information content (AvgIpc) is 2.14. The number of hydrogen-bond donors (Lipinski definition) is 0. The molecule has 1 heterocycles. The van der Waals surface area contributed by atoms with Crippen molar-refractivity contribution in [2.24, 2.45) is 4.99 Å². The lowest BCUT2D eigenvalue weighted by molar-refractivity contribution is 0.402. The van der Waals surface area contributed by atoms with Gasteiger partial charge in [-0.3, -0.25) is 0 Å². The third-order valence-electron chi connectivity index (χ3n) is 0.457. The van der Waals surface area contributed by atoms with Crippen molar-refractivity contribution >= 4 is 12.6 Å². The maximum absolute atomic E-state index is 4.34. The molecule has 0 spiro atoms. The van der Waals surface area contributed by atoms with Crippen LogP contribution in [0.2, 0.25) is 0 Å². The van der Waals surface area contributed by atoms with Crippen LogP contribution in [0, 0.1) is 6.20 Å². The van der Waals surface area contributed by atoms with Crippen molar-refractivity contribution in [2.75, 3.05) is 0 Å². The average molecular weight is 96.1 g/mol. The summed E-state index contributed by atoms with van der Waals surface area (Å²) in [7, 11) is 0. The zero-order valence-electron chi connectivity index (χ0n) is 3.46. The first-order valence-corrected chi connectivity index (χ1v) is 1.60. The van der Waals surface area contributed by atoms with Gasteiger partial charge in [-0.25, -0.2) is 4.99 Å². The molecule has 0 saturated carbocycles. The second-order valence-electron chi connectivity index (χ2n) is 0.848. The van der Waals surface area contributed by atoms with Crippen LogP contribution in [0.1, 0.15) is 0 Å². The highest BCUT2D eigenvalue weighted by atomic mass is 16.5. The number of aliphatic imine (C=N–C) groups is 1. The molecule has 1 aromatic heterocycles. The van der Waals surface area contributed by atoms with E-state index < -0.39 is 0 Å². The maximum atomic E-state index is 4.34. The molecule has 0 aromatic carbocycles. The lowest BCUT2D eigenvalue weighted by Crippen LogP contribution is -1.54. The van der Waals surface area contributed by atoms with Crippen molar-refractivity contribution in [1.82, 2.24) is 10.4 Å². The Morgan fingerprint density at radius 1 is 1.86 bits per heavy atom. The lowest BCUT2D eigenvalue weighted by atomic mass is 10.8. The topological polar surface area (TPSA) is 51.3 Å². The Labute approximate surface area is 39.8 Å². The highest BCUT2D eigenvalue weighted by molar-refractivity contribution is 5.33. The van der Waals surface area contributed by atoms with Crippen LogP contribution in [0.3, 0.4) is 0 Å². The highest BCUT2D eigenvalue weighted by Gasteiger charge is 1.87. The molecule has 1 rings (SSSR count). The van der Waals surface area contributed by atoms with E-state index in [2.05, 4.69) is 32.8 Å². The molecule has 1 radical (unpaired) electrons. The van der Waals surface area contributed by atoms with E-state index in [9.17, 15) is 0 Å². The molecular formula is C3H2N3O. The second-order valence-corrected chi connectivity index (χ2v) is 0.848. The molecule has 0 aliphatic carbocycles. The van der Waals surface area contributed by atoms with Crippen LogP contribution < -0.4 is 0 Å². The van der Waals surface area contributed by atoms with Gasteiger partial charge in [0.15, 0.2) is 6.20 Å². The van der Waals surface area contributed by atoms with Crippen LogP contribution in [0.5, 0.6) is 0 Å². The van der Waals surface area contributed by atoms with E-state index in [1.54, 1.807) is 0 Å². The fraction of sp³-hybridized carbons (Fsp3) is 0. The van der Waals surface area contributed by atoms with Gasteiger partial charge < -0.3 is 4.52 Å². The minimum absolute atomic E-state index is 0.222. The predicted molar refractivity (Wildman–Crippen MR) is 22.3 cm³/mol. The summed E-state index contributed by atoms with van der Waals surface area (Å²) >= 11 is 0. The summed E-state index contributed by atoms with van der Waals surface area (Å²) in [6, 6.07) is 0. The molecule has 0 unspecified atom stereocenters. The summed E-state index contributed by atoms with van der Waals surface area (Å²) in [5, 5.41) is 6.30. The molecule has 0 amide bonds. The molecule has 0 fully saturated rings. The number of rotatable bonds is 1. The molecule has 0 bridgehead atoms. The summed E-state index contributed by atoms with van der Waals surface area (Å²) < 4.78 is 4.34. The van der Waals surface area contributed by atoms with Crippen LogP contribution in [0.25, 0.3) is 0 Å². The van der Waals surface area contributed by atoms with E-state index in [1.165, 1.54) is 0 Å². The molecule has 35 valence electrons. The monoisotopic (exact) mass is 96.0 g/mol. The van der Waals surface area contributed by atoms with Crippen LogP contribution in [0.15, 0.2) is 9.52 Å². The molecule has 0 aliphatic rings. The highest BCUT2D eigenvalue weighted by Crippen LogP contribution is 2.01. The maximum Gasteiger partial charge on any atom is 0.280 e. The summed E-state index contributed by atoms with van der Waals surface area (Å²) in [6.07, 6.45) is 2.33. The molecule has 0 aliphatic heterocycles. The van der Waals surface area contributed by atoms with Crippen LogP contribution in [-0.4, -0.2) is 17.1 Å². The molecule has 0 atom stereocenters. The molecule has 0 saturated heterocycles. The van der Waals surface area contributed by atoms with Gasteiger partial charge in [0.2, 0.25) is 0 Å². The van der Waals surface area contributed by atoms with Gasteiger partial charge in [0.1, 0.15) is 0 Å². The number of nitrogens with zero attached hydrogens (tertiary/aromatic N) is 3. The summed E-state index contributed by atoms with van der Waals surface area (Å²) in [6.45, 7) is 3.15. The van der Waals surface area contributed by atoms with Crippen molar-refractivity contribution in [3.63, 3.8) is 0 Å². The molecule has 1 aromatic rings. The Kier molecular flexibility index (Phi) is 0.856. The fourth-order valence-corrected chi connectivity index (χ4v) is 0.207. The summed E-state index contributed by atoms with van der Waals surface area (Å²) in [5.41, 5.74) is 0. The predicted octanol–water partition coefficient (Wildman–Crippen LogP) is 0.202. The normalized spacial score (nSPS) is 8.57. The van der Waals surface area contributed by atoms with Gasteiger partial charge >= 0.3 is 0 Å². The van der Waals surface area contributed by atoms with E-state index >= 15 is 0 Å². The van der Waals surface area contributed by atoms with Crippen molar-refractivity contribution < 1.29 is 4.52 Å². The first-order valence-electron chi connectivity index (χ1n) is 1.60. The van der Waals surface area contributed by atoms with Crippen LogP contribution in [0.4, 0.5) is 5.88 Å². The quantitative estimate of drug-likeness (QED) is 0.469. The first kappa shape index (κ1) is 3.98. The summed E-state index contributed by atoms with van der Waals surface area (Å²) in [5.74, 6) is 0.222. The Bertz CT molecular complexity index is 145. The third kappa shape index (κ3) is 0.623. The molecule has 4 nitrogen and oxygen atoms in total. The van der Waals surface area contributed by atoms with Crippen molar-refractivity contribution in [1.29, 1.82) is 0 Å². The van der Waals surface area contributed by atoms with Gasteiger partial charge in [-0.1, -0.05) is 0 Å². The van der Waals surface area contributed by atoms with Crippen molar-refractivity contribution in [2.45, 2.75) is 0 Å². The number of aromatic nitrogens is 2. The molecule has 0 N–H and O–H groups in total. The standard InChI is InChI=1S/C3H2N3O/c1-4-3-2-5-6-7-3/h1H2. The van der Waals surface area contributed by atoms with Crippen molar-refractivity contribution in [3.8, 4) is 0 Å². The second kappa shape index (κ2) is 1.51. The van der Waals surface area contributed by atoms with Gasteiger partial charge in [0.25, 0.3) is 5.88 Å². The Hall–Kier alpha value is -1.19. The SMILES string of the molecule is C=Nc1[c]nno1. The van der Waals surface area contributed by atoms with Gasteiger partial charge in [0.05, 0.1) is 0 Å². The van der Waals surface area contributed by atoms with Crippen LogP contribution in [-0.2, 0) is 0 Å². The van der Waals surface area contributed by atoms with Crippen molar-refractivity contribution in [3.05, 3.63) is 6.20 Å². The van der Waals surface area contributed by atoms with Gasteiger partial charge in [-0.05, 0) is 6.72 Å². The minimum Gasteiger partial charge on any atom is -0.316 e. The largest absolute Gasteiger partial charge is 0.316 e. The van der Waals surface area contributed by atoms with Gasteiger partial charge in [0, 0.05) is 5.27 Å². The van der Waals surface area contributed by atoms with E-state index in [0.717, 1.165) is 0 Å². The number of hydrogen-bond acceptors (Lipinski definition) is 4. The van der Waals surface area contributed by atoms with E-state index in [0.29, 0.717) is 0 Å². The smallest absolute Gasteiger partial charge is 0.280 e. The van der Waals surface area contributed by atoms with E-state index in [4.69, 9.17) is 0 Å². The van der Waals surface area contributed by atoms with Crippen LogP contribution >= 0.6 is 0 Å². The van der Waals surface area contributed by atoms with E-state index in [1.807, 2.05) is 0 Å².